The molecule has 0 spiro atoms. The van der Waals surface area contributed by atoms with Crippen LogP contribution in [0.2, 0.25) is 5.15 Å². The molecule has 19 heavy (non-hydrogen) atoms. The van der Waals surface area contributed by atoms with Gasteiger partial charge in [-0.2, -0.15) is 0 Å². The van der Waals surface area contributed by atoms with E-state index in [0.29, 0.717) is 16.9 Å². The number of fused-ring (bicyclic) bond motifs is 1. The van der Waals surface area contributed by atoms with Gasteiger partial charge in [0, 0.05) is 18.6 Å². The zero-order chi connectivity index (χ0) is 13.2. The number of aromatic nitrogens is 1. The monoisotopic (exact) mass is 279 g/mol. The van der Waals surface area contributed by atoms with Crippen molar-refractivity contribution in [1.82, 2.24) is 15.2 Å². The van der Waals surface area contributed by atoms with E-state index in [1.54, 1.807) is 18.2 Å². The number of nitrogens with zero attached hydrogens (tertiary/aromatic N) is 2. The van der Waals surface area contributed by atoms with E-state index in [1.165, 1.54) is 25.8 Å². The standard InChI is InChI=1S/C14H18ClN3O/c15-13-6-3-4-11(16-13)14(19)17-10-7-9-18-8-2-1-5-12(10)18/h3-4,6,10,12H,1-2,5,7-9H2,(H,17,19). The fraction of sp³-hybridized carbons (Fsp3) is 0.571. The molecule has 1 N–H and O–H groups in total. The first kappa shape index (κ1) is 12.9. The molecule has 5 heteroatoms. The van der Waals surface area contributed by atoms with Crippen LogP contribution in [0.15, 0.2) is 18.2 Å². The summed E-state index contributed by atoms with van der Waals surface area (Å²) in [6, 6.07) is 5.91. The highest BCUT2D eigenvalue weighted by Crippen LogP contribution is 2.27. The second kappa shape index (κ2) is 5.47. The highest BCUT2D eigenvalue weighted by molar-refractivity contribution is 6.29. The van der Waals surface area contributed by atoms with Crippen LogP contribution in [0.25, 0.3) is 0 Å². The molecule has 2 saturated heterocycles. The normalized spacial score (nSPS) is 27.0. The van der Waals surface area contributed by atoms with Crippen molar-refractivity contribution in [2.24, 2.45) is 0 Å². The van der Waals surface area contributed by atoms with Crippen molar-refractivity contribution in [3.63, 3.8) is 0 Å². The second-order valence-electron chi connectivity index (χ2n) is 5.31. The van der Waals surface area contributed by atoms with Crippen LogP contribution >= 0.6 is 11.6 Å². The number of amides is 1. The van der Waals surface area contributed by atoms with Gasteiger partial charge in [-0.3, -0.25) is 9.69 Å². The number of nitrogens with one attached hydrogen (secondary N) is 1. The summed E-state index contributed by atoms with van der Waals surface area (Å²) < 4.78 is 0. The maximum Gasteiger partial charge on any atom is 0.270 e. The molecule has 0 saturated carbocycles. The van der Waals surface area contributed by atoms with E-state index in [-0.39, 0.29) is 11.9 Å². The molecule has 2 atom stereocenters. The van der Waals surface area contributed by atoms with Gasteiger partial charge in [-0.1, -0.05) is 24.1 Å². The minimum atomic E-state index is -0.111. The molecule has 0 aromatic carbocycles. The third-order valence-corrected chi connectivity index (χ3v) is 4.33. The summed E-state index contributed by atoms with van der Waals surface area (Å²) in [6.07, 6.45) is 4.78. The fourth-order valence-corrected chi connectivity index (χ4v) is 3.36. The van der Waals surface area contributed by atoms with Gasteiger partial charge in [0.1, 0.15) is 10.8 Å². The lowest BCUT2D eigenvalue weighted by molar-refractivity contribution is 0.0910. The highest BCUT2D eigenvalue weighted by Gasteiger charge is 2.36. The minimum Gasteiger partial charge on any atom is -0.346 e. The Morgan fingerprint density at radius 1 is 1.32 bits per heavy atom. The van der Waals surface area contributed by atoms with E-state index in [4.69, 9.17) is 11.6 Å². The average Bonchev–Trinajstić information content (AvgIpc) is 2.82. The lowest BCUT2D eigenvalue weighted by Gasteiger charge is -2.32. The number of hydrogen-bond donors (Lipinski definition) is 1. The van der Waals surface area contributed by atoms with E-state index in [2.05, 4.69) is 15.2 Å². The molecular weight excluding hydrogens is 262 g/mol. The Morgan fingerprint density at radius 3 is 3.05 bits per heavy atom. The number of hydrogen-bond acceptors (Lipinski definition) is 3. The van der Waals surface area contributed by atoms with Crippen molar-refractivity contribution in [1.29, 1.82) is 0 Å². The van der Waals surface area contributed by atoms with Gasteiger partial charge >= 0.3 is 0 Å². The first-order valence-corrected chi connectivity index (χ1v) is 7.29. The Morgan fingerprint density at radius 2 is 2.21 bits per heavy atom. The summed E-state index contributed by atoms with van der Waals surface area (Å²) in [6.45, 7) is 2.27. The van der Waals surface area contributed by atoms with Crippen LogP contribution in [0.5, 0.6) is 0 Å². The third-order valence-electron chi connectivity index (χ3n) is 4.12. The Hall–Kier alpha value is -1.13. The molecule has 0 bridgehead atoms. The maximum atomic E-state index is 12.2. The van der Waals surface area contributed by atoms with Crippen LogP contribution in [0.4, 0.5) is 0 Å². The fourth-order valence-electron chi connectivity index (χ4n) is 3.19. The quantitative estimate of drug-likeness (QED) is 0.843. The number of halogens is 1. The van der Waals surface area contributed by atoms with Crippen molar-refractivity contribution >= 4 is 17.5 Å². The van der Waals surface area contributed by atoms with Crippen LogP contribution in [0.3, 0.4) is 0 Å². The first-order chi connectivity index (χ1) is 9.24. The SMILES string of the molecule is O=C(NC1CCN2CCCCC12)c1cccc(Cl)n1. The molecule has 3 rings (SSSR count). The van der Waals surface area contributed by atoms with Gasteiger partial charge in [0.15, 0.2) is 0 Å². The third kappa shape index (κ3) is 2.74. The van der Waals surface area contributed by atoms with Gasteiger partial charge in [-0.05, 0) is 37.9 Å². The van der Waals surface area contributed by atoms with Gasteiger partial charge in [-0.25, -0.2) is 4.98 Å². The topological polar surface area (TPSA) is 45.2 Å². The summed E-state index contributed by atoms with van der Waals surface area (Å²) >= 11 is 5.82. The molecule has 0 aliphatic carbocycles. The van der Waals surface area contributed by atoms with E-state index in [1.807, 2.05) is 0 Å². The Balaban J connectivity index is 1.66. The predicted octanol–water partition coefficient (Wildman–Crippen LogP) is 2.09. The molecule has 102 valence electrons. The molecule has 1 aromatic rings. The summed E-state index contributed by atoms with van der Waals surface area (Å²) in [4.78, 5) is 18.7. The van der Waals surface area contributed by atoms with E-state index < -0.39 is 0 Å². The van der Waals surface area contributed by atoms with E-state index in [0.717, 1.165) is 13.0 Å². The van der Waals surface area contributed by atoms with Crippen molar-refractivity contribution in [3.8, 4) is 0 Å². The molecule has 1 amide bonds. The lowest BCUT2D eigenvalue weighted by Crippen LogP contribution is -2.46. The summed E-state index contributed by atoms with van der Waals surface area (Å²) in [5, 5.41) is 3.48. The van der Waals surface area contributed by atoms with E-state index >= 15 is 0 Å². The van der Waals surface area contributed by atoms with Crippen LogP contribution in [-0.4, -0.2) is 41.0 Å². The minimum absolute atomic E-state index is 0.111. The van der Waals surface area contributed by atoms with Crippen LogP contribution in [0, 0.1) is 0 Å². The molecule has 0 radical (unpaired) electrons. The lowest BCUT2D eigenvalue weighted by atomic mass is 9.99. The summed E-state index contributed by atoms with van der Waals surface area (Å²) in [7, 11) is 0. The maximum absolute atomic E-state index is 12.2. The predicted molar refractivity (Wildman–Crippen MR) is 74.3 cm³/mol. The largest absolute Gasteiger partial charge is 0.346 e. The molecule has 2 aliphatic rings. The highest BCUT2D eigenvalue weighted by atomic mass is 35.5. The number of pyridine rings is 1. The summed E-state index contributed by atoms with van der Waals surface area (Å²) in [5.41, 5.74) is 0.404. The molecule has 1 aromatic heterocycles. The van der Waals surface area contributed by atoms with Gasteiger partial charge in [0.25, 0.3) is 5.91 Å². The van der Waals surface area contributed by atoms with Crippen molar-refractivity contribution < 1.29 is 4.79 Å². The molecular formula is C14H18ClN3O. The molecule has 4 nitrogen and oxygen atoms in total. The number of rotatable bonds is 2. The van der Waals surface area contributed by atoms with Crippen LogP contribution in [0.1, 0.15) is 36.2 Å². The molecule has 2 fully saturated rings. The van der Waals surface area contributed by atoms with Gasteiger partial charge < -0.3 is 5.32 Å². The Bertz CT molecular complexity index is 480. The Kier molecular flexibility index (Phi) is 3.71. The van der Waals surface area contributed by atoms with Crippen LogP contribution < -0.4 is 5.32 Å². The number of carbonyl (C=O) groups excluding carboxylic acids is 1. The molecule has 3 heterocycles. The summed E-state index contributed by atoms with van der Waals surface area (Å²) in [5.74, 6) is -0.111. The molecule has 2 aliphatic heterocycles. The first-order valence-electron chi connectivity index (χ1n) is 6.91. The zero-order valence-electron chi connectivity index (χ0n) is 10.8. The zero-order valence-corrected chi connectivity index (χ0v) is 11.6. The van der Waals surface area contributed by atoms with Gasteiger partial charge in [-0.15, -0.1) is 0 Å². The second-order valence-corrected chi connectivity index (χ2v) is 5.70. The van der Waals surface area contributed by atoms with E-state index in [9.17, 15) is 4.79 Å². The van der Waals surface area contributed by atoms with Crippen molar-refractivity contribution in [2.75, 3.05) is 13.1 Å². The van der Waals surface area contributed by atoms with Gasteiger partial charge in [0.05, 0.1) is 0 Å². The number of piperidine rings is 1. The smallest absolute Gasteiger partial charge is 0.270 e. The average molecular weight is 280 g/mol. The van der Waals surface area contributed by atoms with Gasteiger partial charge in [0.2, 0.25) is 0 Å². The number of carbonyl (C=O) groups is 1. The van der Waals surface area contributed by atoms with Crippen LogP contribution in [-0.2, 0) is 0 Å². The van der Waals surface area contributed by atoms with Crippen molar-refractivity contribution in [3.05, 3.63) is 29.0 Å². The molecule has 2 unspecified atom stereocenters. The Labute approximate surface area is 118 Å². The van der Waals surface area contributed by atoms with Crippen molar-refractivity contribution in [2.45, 2.75) is 37.8 Å².